The van der Waals surface area contributed by atoms with E-state index < -0.39 is 0 Å². The molecular weight excluding hydrogens is 501 g/mol. The summed E-state index contributed by atoms with van der Waals surface area (Å²) in [6.07, 6.45) is 6.04. The van der Waals surface area contributed by atoms with Crippen molar-refractivity contribution in [2.24, 2.45) is 4.99 Å². The number of benzene rings is 1. The zero-order chi connectivity index (χ0) is 21.2. The molecule has 0 aliphatic carbocycles. The summed E-state index contributed by atoms with van der Waals surface area (Å²) in [6, 6.07) is 17.0. The summed E-state index contributed by atoms with van der Waals surface area (Å²) in [4.78, 5) is 18.7. The minimum Gasteiger partial charge on any atom is -0.356 e. The molecule has 0 bridgehead atoms. The largest absolute Gasteiger partial charge is 0.356 e. The van der Waals surface area contributed by atoms with Crippen molar-refractivity contribution in [2.45, 2.75) is 57.8 Å². The summed E-state index contributed by atoms with van der Waals surface area (Å²) in [5.74, 6) is 0.876. The zero-order valence-corrected chi connectivity index (χ0v) is 21.0. The van der Waals surface area contributed by atoms with Crippen LogP contribution in [0.25, 0.3) is 0 Å². The van der Waals surface area contributed by atoms with Gasteiger partial charge in [-0.1, -0.05) is 36.4 Å². The molecule has 0 spiro atoms. The van der Waals surface area contributed by atoms with Crippen LogP contribution in [0.3, 0.4) is 0 Å². The highest BCUT2D eigenvalue weighted by molar-refractivity contribution is 14.0. The number of guanidine groups is 1. The van der Waals surface area contributed by atoms with Crippen LogP contribution in [0, 0.1) is 0 Å². The summed E-state index contributed by atoms with van der Waals surface area (Å²) in [6.45, 7) is 6.04. The third kappa shape index (κ3) is 8.29. The van der Waals surface area contributed by atoms with Crippen molar-refractivity contribution in [1.82, 2.24) is 20.1 Å². The third-order valence-electron chi connectivity index (χ3n) is 5.82. The maximum atomic E-state index is 11.7. The van der Waals surface area contributed by atoms with E-state index in [1.54, 1.807) is 16.7 Å². The molecule has 7 heteroatoms. The fourth-order valence-electron chi connectivity index (χ4n) is 4.05. The average Bonchev–Trinajstić information content (AvgIpc) is 2.76. The Balaban J connectivity index is 0.00000341. The average molecular weight is 537 g/mol. The van der Waals surface area contributed by atoms with Crippen LogP contribution in [0.4, 0.5) is 0 Å². The Hall–Kier alpha value is -1.87. The smallest absolute Gasteiger partial charge is 0.250 e. The number of aliphatic imine (C=N–C) groups is 1. The molecule has 1 aliphatic heterocycles. The lowest BCUT2D eigenvalue weighted by Crippen LogP contribution is -2.51. The predicted octanol–water partition coefficient (Wildman–Crippen LogP) is 3.46. The fraction of sp³-hybridized carbons (Fsp3) is 0.500. The molecule has 0 radical (unpaired) electrons. The first kappa shape index (κ1) is 25.4. The van der Waals surface area contributed by atoms with Gasteiger partial charge in [0.15, 0.2) is 5.96 Å². The normalized spacial score (nSPS) is 19.5. The second-order valence-corrected chi connectivity index (χ2v) is 8.11. The van der Waals surface area contributed by atoms with E-state index in [-0.39, 0.29) is 29.5 Å². The van der Waals surface area contributed by atoms with Crippen LogP contribution in [0.1, 0.15) is 38.2 Å². The van der Waals surface area contributed by atoms with Crippen LogP contribution >= 0.6 is 24.0 Å². The van der Waals surface area contributed by atoms with Crippen molar-refractivity contribution < 1.29 is 0 Å². The molecule has 3 rings (SSSR count). The second kappa shape index (κ2) is 13.5. The molecule has 2 atom stereocenters. The lowest BCUT2D eigenvalue weighted by molar-refractivity contribution is 0.134. The molecule has 2 N–H and O–H groups in total. The number of halogens is 1. The Bertz CT molecular complexity index is 854. The number of nitrogens with one attached hydrogen (secondary N) is 2. The van der Waals surface area contributed by atoms with Gasteiger partial charge in [-0.05, 0) is 44.2 Å². The van der Waals surface area contributed by atoms with Gasteiger partial charge in [-0.3, -0.25) is 14.7 Å². The van der Waals surface area contributed by atoms with Crippen molar-refractivity contribution in [3.05, 3.63) is 70.6 Å². The molecule has 2 unspecified atom stereocenters. The number of unbranched alkanes of at least 4 members (excludes halogenated alkanes) is 1. The van der Waals surface area contributed by atoms with Gasteiger partial charge >= 0.3 is 0 Å². The minimum atomic E-state index is 0. The van der Waals surface area contributed by atoms with Crippen LogP contribution < -0.4 is 16.2 Å². The van der Waals surface area contributed by atoms with Gasteiger partial charge in [-0.15, -0.1) is 24.0 Å². The van der Waals surface area contributed by atoms with Gasteiger partial charge in [0, 0.05) is 57.6 Å². The van der Waals surface area contributed by atoms with Gasteiger partial charge in [0.1, 0.15) is 0 Å². The molecule has 2 aromatic rings. The molecule has 6 nitrogen and oxygen atoms in total. The number of piperidine rings is 1. The van der Waals surface area contributed by atoms with Gasteiger partial charge in [0.2, 0.25) is 5.56 Å². The number of hydrogen-bond acceptors (Lipinski definition) is 3. The predicted molar refractivity (Wildman–Crippen MR) is 139 cm³/mol. The highest BCUT2D eigenvalue weighted by Crippen LogP contribution is 2.19. The van der Waals surface area contributed by atoms with Crippen molar-refractivity contribution in [2.75, 3.05) is 20.1 Å². The van der Waals surface area contributed by atoms with Crippen molar-refractivity contribution in [3.63, 3.8) is 0 Å². The van der Waals surface area contributed by atoms with Gasteiger partial charge in [-0.2, -0.15) is 0 Å². The summed E-state index contributed by atoms with van der Waals surface area (Å²) in [5.41, 5.74) is 1.45. The molecule has 170 valence electrons. The van der Waals surface area contributed by atoms with Gasteiger partial charge < -0.3 is 15.2 Å². The lowest BCUT2D eigenvalue weighted by atomic mass is 9.97. The number of aryl methyl sites for hydroxylation is 1. The number of hydrogen-bond donors (Lipinski definition) is 2. The number of pyridine rings is 1. The highest BCUT2D eigenvalue weighted by atomic mass is 127. The Morgan fingerprint density at radius 2 is 1.90 bits per heavy atom. The summed E-state index contributed by atoms with van der Waals surface area (Å²) >= 11 is 0. The van der Waals surface area contributed by atoms with Crippen LogP contribution in [0.15, 0.2) is 64.5 Å². The Morgan fingerprint density at radius 1 is 1.13 bits per heavy atom. The highest BCUT2D eigenvalue weighted by Gasteiger charge is 2.25. The van der Waals surface area contributed by atoms with Gasteiger partial charge in [0.05, 0.1) is 0 Å². The van der Waals surface area contributed by atoms with Crippen LogP contribution in [-0.4, -0.2) is 47.6 Å². The van der Waals surface area contributed by atoms with E-state index in [1.807, 2.05) is 19.3 Å². The van der Waals surface area contributed by atoms with Gasteiger partial charge in [0.25, 0.3) is 0 Å². The Morgan fingerprint density at radius 3 is 2.61 bits per heavy atom. The lowest BCUT2D eigenvalue weighted by Gasteiger charge is -2.38. The van der Waals surface area contributed by atoms with Crippen LogP contribution in [-0.2, 0) is 13.1 Å². The molecule has 2 heterocycles. The van der Waals surface area contributed by atoms with Gasteiger partial charge in [-0.25, -0.2) is 0 Å². The summed E-state index contributed by atoms with van der Waals surface area (Å²) in [7, 11) is 1.83. The summed E-state index contributed by atoms with van der Waals surface area (Å²) < 4.78 is 1.76. The summed E-state index contributed by atoms with van der Waals surface area (Å²) in [5, 5.41) is 7.02. The van der Waals surface area contributed by atoms with E-state index in [2.05, 4.69) is 57.8 Å². The first-order chi connectivity index (χ1) is 14.7. The monoisotopic (exact) mass is 537 g/mol. The molecule has 0 saturated carbocycles. The molecule has 1 fully saturated rings. The standard InChI is InChI=1S/C24H35N5O.HI/c1-20-18-22(13-17-29(20)19-21-10-4-3-5-11-21)27-24(25-2)26-14-7-9-16-28-15-8-6-12-23(28)30;/h3-6,8,10-12,15,20,22H,7,9,13-14,16-19H2,1-2H3,(H2,25,26,27);1H. The van der Waals surface area contributed by atoms with Crippen molar-refractivity contribution in [3.8, 4) is 0 Å². The Labute approximate surface area is 203 Å². The molecule has 31 heavy (non-hydrogen) atoms. The SMILES string of the molecule is CN=C(NCCCCn1ccccc1=O)NC1CCN(Cc2ccccc2)C(C)C1.I. The minimum absolute atomic E-state index is 0. The number of rotatable bonds is 8. The van der Waals surface area contributed by atoms with Crippen molar-refractivity contribution >= 4 is 29.9 Å². The maximum Gasteiger partial charge on any atom is 0.250 e. The maximum absolute atomic E-state index is 11.7. The number of aromatic nitrogens is 1. The molecule has 1 saturated heterocycles. The quantitative estimate of drug-likeness (QED) is 0.235. The van der Waals surface area contributed by atoms with Crippen molar-refractivity contribution in [1.29, 1.82) is 0 Å². The molecule has 1 aromatic heterocycles. The van der Waals surface area contributed by atoms with E-state index in [4.69, 9.17) is 0 Å². The fourth-order valence-corrected chi connectivity index (χ4v) is 4.05. The second-order valence-electron chi connectivity index (χ2n) is 8.11. The molecule has 1 aliphatic rings. The molecule has 1 aromatic carbocycles. The van der Waals surface area contributed by atoms with Crippen LogP contribution in [0.2, 0.25) is 0 Å². The molecule has 0 amide bonds. The Kier molecular flexibility index (Phi) is 11.1. The van der Waals surface area contributed by atoms with E-state index in [0.717, 1.165) is 57.8 Å². The topological polar surface area (TPSA) is 61.7 Å². The van der Waals surface area contributed by atoms with Crippen LogP contribution in [0.5, 0.6) is 0 Å². The first-order valence-corrected chi connectivity index (χ1v) is 11.1. The van der Waals surface area contributed by atoms with E-state index >= 15 is 0 Å². The first-order valence-electron chi connectivity index (χ1n) is 11.1. The zero-order valence-electron chi connectivity index (χ0n) is 18.7. The number of likely N-dealkylation sites (tertiary alicyclic amines) is 1. The van der Waals surface area contributed by atoms with E-state index in [1.165, 1.54) is 5.56 Å². The number of nitrogens with zero attached hydrogens (tertiary/aromatic N) is 3. The molecular formula is C24H36IN5O. The van der Waals surface area contributed by atoms with E-state index in [0.29, 0.717) is 12.1 Å². The van der Waals surface area contributed by atoms with E-state index in [9.17, 15) is 4.79 Å². The third-order valence-corrected chi connectivity index (χ3v) is 5.82.